The van der Waals surface area contributed by atoms with Gasteiger partial charge in [0.15, 0.2) is 0 Å². The van der Waals surface area contributed by atoms with Crippen LogP contribution in [0.2, 0.25) is 0 Å². The maximum absolute atomic E-state index is 12.5. The number of hydrogen-bond acceptors (Lipinski definition) is 4. The lowest BCUT2D eigenvalue weighted by Crippen LogP contribution is -2.52. The molecule has 1 fully saturated rings. The van der Waals surface area contributed by atoms with Gasteiger partial charge in [-0.3, -0.25) is 9.59 Å². The third-order valence-corrected chi connectivity index (χ3v) is 4.77. The van der Waals surface area contributed by atoms with Crippen molar-refractivity contribution in [3.63, 3.8) is 0 Å². The fraction of sp³-hybridized carbons (Fsp3) is 0.857. The fourth-order valence-electron chi connectivity index (χ4n) is 2.89. The van der Waals surface area contributed by atoms with Crippen molar-refractivity contribution in [3.05, 3.63) is 0 Å². The fourth-order valence-corrected chi connectivity index (χ4v) is 2.89. The summed E-state index contributed by atoms with van der Waals surface area (Å²) >= 11 is 0. The van der Waals surface area contributed by atoms with Gasteiger partial charge in [-0.1, -0.05) is 20.8 Å². The number of likely N-dealkylation sites (N-methyl/N-ethyl adjacent to an activating group) is 1. The van der Waals surface area contributed by atoms with E-state index in [9.17, 15) is 9.59 Å². The standard InChI is InChI=1S/C14H26N2O3/c1-9-11(15)7-6-10(14(9,2)3)13(18)16(4)8-12(17)19-5/h9-11H,6-8,15H2,1-5H3. The lowest BCUT2D eigenvalue weighted by atomic mass is 9.61. The second-order valence-electron chi connectivity index (χ2n) is 6.17. The molecule has 0 aliphatic heterocycles. The molecule has 1 saturated carbocycles. The van der Waals surface area contributed by atoms with Crippen molar-refractivity contribution in [2.45, 2.75) is 39.7 Å². The van der Waals surface area contributed by atoms with Crippen molar-refractivity contribution >= 4 is 11.9 Å². The maximum atomic E-state index is 12.5. The predicted molar refractivity (Wildman–Crippen MR) is 73.3 cm³/mol. The summed E-state index contributed by atoms with van der Waals surface area (Å²) in [7, 11) is 2.97. The van der Waals surface area contributed by atoms with Gasteiger partial charge in [-0.05, 0) is 24.2 Å². The van der Waals surface area contributed by atoms with Gasteiger partial charge in [0.2, 0.25) is 5.91 Å². The minimum Gasteiger partial charge on any atom is -0.468 e. The molecule has 0 saturated heterocycles. The lowest BCUT2D eigenvalue weighted by Gasteiger charge is -2.46. The number of amides is 1. The second-order valence-corrected chi connectivity index (χ2v) is 6.17. The van der Waals surface area contributed by atoms with Crippen molar-refractivity contribution in [1.82, 2.24) is 4.90 Å². The zero-order valence-electron chi connectivity index (χ0n) is 12.6. The molecule has 5 nitrogen and oxygen atoms in total. The van der Waals surface area contributed by atoms with E-state index in [1.165, 1.54) is 12.0 Å². The Balaban J connectivity index is 2.78. The van der Waals surface area contributed by atoms with Crippen molar-refractivity contribution < 1.29 is 14.3 Å². The zero-order valence-corrected chi connectivity index (χ0v) is 12.6. The van der Waals surface area contributed by atoms with Crippen LogP contribution in [0.5, 0.6) is 0 Å². The Morgan fingerprint density at radius 2 is 1.95 bits per heavy atom. The minimum atomic E-state index is -0.394. The SMILES string of the molecule is COC(=O)CN(C)C(=O)C1CCC(N)C(C)C1(C)C. The Morgan fingerprint density at radius 3 is 2.47 bits per heavy atom. The summed E-state index contributed by atoms with van der Waals surface area (Å²) < 4.78 is 4.60. The van der Waals surface area contributed by atoms with Crippen molar-refractivity contribution in [3.8, 4) is 0 Å². The average molecular weight is 270 g/mol. The minimum absolute atomic E-state index is 0.00233. The van der Waals surface area contributed by atoms with Crippen molar-refractivity contribution in [2.75, 3.05) is 20.7 Å². The summed E-state index contributed by atoms with van der Waals surface area (Å²) in [5.41, 5.74) is 5.94. The van der Waals surface area contributed by atoms with Gasteiger partial charge in [0, 0.05) is 19.0 Å². The van der Waals surface area contributed by atoms with E-state index in [1.54, 1.807) is 7.05 Å². The van der Waals surface area contributed by atoms with E-state index < -0.39 is 5.97 Å². The topological polar surface area (TPSA) is 72.6 Å². The Bertz CT molecular complexity index is 355. The predicted octanol–water partition coefficient (Wildman–Crippen LogP) is 1.02. The Hall–Kier alpha value is -1.10. The van der Waals surface area contributed by atoms with Crippen LogP contribution >= 0.6 is 0 Å². The number of nitrogens with zero attached hydrogens (tertiary/aromatic N) is 1. The number of rotatable bonds is 3. The molecule has 1 amide bonds. The third kappa shape index (κ3) is 3.26. The van der Waals surface area contributed by atoms with Crippen LogP contribution < -0.4 is 5.73 Å². The molecule has 3 atom stereocenters. The normalized spacial score (nSPS) is 29.7. The third-order valence-electron chi connectivity index (χ3n) is 4.77. The van der Waals surface area contributed by atoms with Crippen LogP contribution in [-0.4, -0.2) is 43.5 Å². The maximum Gasteiger partial charge on any atom is 0.325 e. The quantitative estimate of drug-likeness (QED) is 0.777. The number of hydrogen-bond donors (Lipinski definition) is 1. The number of methoxy groups -OCH3 is 1. The molecule has 0 aromatic carbocycles. The van der Waals surface area contributed by atoms with Gasteiger partial charge in [-0.25, -0.2) is 0 Å². The average Bonchev–Trinajstić information content (AvgIpc) is 2.35. The molecule has 1 rings (SSSR count). The van der Waals surface area contributed by atoms with E-state index >= 15 is 0 Å². The largest absolute Gasteiger partial charge is 0.468 e. The molecule has 3 unspecified atom stereocenters. The summed E-state index contributed by atoms with van der Waals surface area (Å²) in [6.45, 7) is 6.28. The van der Waals surface area contributed by atoms with E-state index in [0.29, 0.717) is 0 Å². The molecule has 19 heavy (non-hydrogen) atoms. The van der Waals surface area contributed by atoms with Gasteiger partial charge in [0.05, 0.1) is 7.11 Å². The lowest BCUT2D eigenvalue weighted by molar-refractivity contribution is -0.151. The van der Waals surface area contributed by atoms with Crippen LogP contribution in [0.4, 0.5) is 0 Å². The van der Waals surface area contributed by atoms with E-state index in [2.05, 4.69) is 25.5 Å². The molecule has 0 bridgehead atoms. The zero-order chi connectivity index (χ0) is 14.8. The summed E-state index contributed by atoms with van der Waals surface area (Å²) in [5, 5.41) is 0. The smallest absolute Gasteiger partial charge is 0.325 e. The first-order valence-electron chi connectivity index (χ1n) is 6.79. The highest BCUT2D eigenvalue weighted by Gasteiger charge is 2.45. The van der Waals surface area contributed by atoms with Crippen LogP contribution in [0.3, 0.4) is 0 Å². The van der Waals surface area contributed by atoms with Crippen LogP contribution in [0.1, 0.15) is 33.6 Å². The van der Waals surface area contributed by atoms with Crippen LogP contribution in [-0.2, 0) is 14.3 Å². The molecule has 0 heterocycles. The summed E-state index contributed by atoms with van der Waals surface area (Å²) in [6, 6.07) is 0.143. The first-order valence-corrected chi connectivity index (χ1v) is 6.79. The number of carbonyl (C=O) groups excluding carboxylic acids is 2. The number of esters is 1. The highest BCUT2D eigenvalue weighted by molar-refractivity contribution is 5.84. The highest BCUT2D eigenvalue weighted by atomic mass is 16.5. The molecule has 1 aliphatic rings. The Kier molecular flexibility index (Phi) is 4.96. The molecular weight excluding hydrogens is 244 g/mol. The van der Waals surface area contributed by atoms with E-state index in [-0.39, 0.29) is 35.7 Å². The monoisotopic (exact) mass is 270 g/mol. The summed E-state index contributed by atoms with van der Waals surface area (Å²) in [4.78, 5) is 25.2. The first kappa shape index (κ1) is 16.0. The number of nitrogens with two attached hydrogens (primary N) is 1. The molecule has 0 aromatic rings. The molecule has 0 radical (unpaired) electrons. The van der Waals surface area contributed by atoms with E-state index in [1.807, 2.05) is 0 Å². The Labute approximate surface area is 115 Å². The van der Waals surface area contributed by atoms with Crippen LogP contribution in [0, 0.1) is 17.3 Å². The van der Waals surface area contributed by atoms with Crippen LogP contribution in [0.15, 0.2) is 0 Å². The molecule has 1 aliphatic carbocycles. The molecule has 2 N–H and O–H groups in total. The van der Waals surface area contributed by atoms with Gasteiger partial charge in [0.25, 0.3) is 0 Å². The number of carbonyl (C=O) groups is 2. The molecule has 0 aromatic heterocycles. The first-order chi connectivity index (χ1) is 8.71. The molecule has 5 heteroatoms. The van der Waals surface area contributed by atoms with Gasteiger partial charge in [-0.2, -0.15) is 0 Å². The van der Waals surface area contributed by atoms with Crippen LogP contribution in [0.25, 0.3) is 0 Å². The Morgan fingerprint density at radius 1 is 1.37 bits per heavy atom. The molecule has 110 valence electrons. The highest BCUT2D eigenvalue weighted by Crippen LogP contribution is 2.44. The number of ether oxygens (including phenoxy) is 1. The second kappa shape index (κ2) is 5.90. The van der Waals surface area contributed by atoms with Gasteiger partial charge in [0.1, 0.15) is 6.54 Å². The van der Waals surface area contributed by atoms with Gasteiger partial charge < -0.3 is 15.4 Å². The van der Waals surface area contributed by atoms with E-state index in [4.69, 9.17) is 5.73 Å². The van der Waals surface area contributed by atoms with E-state index in [0.717, 1.165) is 12.8 Å². The van der Waals surface area contributed by atoms with Gasteiger partial charge >= 0.3 is 5.97 Å². The summed E-state index contributed by atoms with van der Waals surface area (Å²) in [5.74, 6) is -0.193. The van der Waals surface area contributed by atoms with Crippen molar-refractivity contribution in [2.24, 2.45) is 23.0 Å². The summed E-state index contributed by atoms with van der Waals surface area (Å²) in [6.07, 6.45) is 1.63. The molecular formula is C14H26N2O3. The van der Waals surface area contributed by atoms with Gasteiger partial charge in [-0.15, -0.1) is 0 Å². The van der Waals surface area contributed by atoms with Crippen molar-refractivity contribution in [1.29, 1.82) is 0 Å². The molecule has 0 spiro atoms.